The van der Waals surface area contributed by atoms with Crippen molar-refractivity contribution in [1.82, 2.24) is 30.2 Å². The predicted octanol–water partition coefficient (Wildman–Crippen LogP) is 3.15. The van der Waals surface area contributed by atoms with E-state index in [4.69, 9.17) is 5.73 Å². The van der Waals surface area contributed by atoms with Gasteiger partial charge in [0.2, 0.25) is 17.8 Å². The van der Waals surface area contributed by atoms with Crippen molar-refractivity contribution in [1.29, 1.82) is 0 Å². The van der Waals surface area contributed by atoms with E-state index < -0.39 is 5.91 Å². The number of likely N-dealkylation sites (N-methyl/N-ethyl adjacent to an activating group) is 1. The Balaban J connectivity index is 1.47. The molecule has 2 amide bonds. The molecule has 0 fully saturated rings. The lowest BCUT2D eigenvalue weighted by atomic mass is 10.2. The summed E-state index contributed by atoms with van der Waals surface area (Å²) in [6.07, 6.45) is 5.91. The van der Waals surface area contributed by atoms with Crippen LogP contribution in [0.2, 0.25) is 0 Å². The number of rotatable bonds is 11. The van der Waals surface area contributed by atoms with Gasteiger partial charge in [0.25, 0.3) is 0 Å². The first-order valence-corrected chi connectivity index (χ1v) is 13.2. The molecule has 0 saturated carbocycles. The fraction of sp³-hybridized carbons (Fsp3) is 0.233. The first kappa shape index (κ1) is 28.8. The molecule has 0 atom stereocenters. The Hall–Kier alpha value is -5.21. The number of aromatic nitrogens is 4. The Morgan fingerprint density at radius 3 is 2.63 bits per heavy atom. The fourth-order valence-corrected chi connectivity index (χ4v) is 3.72. The van der Waals surface area contributed by atoms with Crippen LogP contribution in [0.3, 0.4) is 0 Å². The number of H-pyrrole nitrogens is 1. The van der Waals surface area contributed by atoms with Crippen LogP contribution in [0.1, 0.15) is 40.7 Å². The van der Waals surface area contributed by atoms with Crippen molar-refractivity contribution in [2.45, 2.75) is 19.9 Å². The van der Waals surface area contributed by atoms with E-state index in [1.165, 1.54) is 6.08 Å². The number of anilines is 3. The lowest BCUT2D eigenvalue weighted by molar-refractivity contribution is -0.116. The molecule has 11 nitrogen and oxygen atoms in total. The third kappa shape index (κ3) is 8.39. The fourth-order valence-electron chi connectivity index (χ4n) is 3.72. The third-order valence-electron chi connectivity index (χ3n) is 5.80. The number of aromatic amines is 1. The van der Waals surface area contributed by atoms with Gasteiger partial charge >= 0.3 is 0 Å². The third-order valence-corrected chi connectivity index (χ3v) is 5.80. The first-order valence-electron chi connectivity index (χ1n) is 13.2. The number of imidazole rings is 1. The van der Waals surface area contributed by atoms with Gasteiger partial charge in [-0.05, 0) is 63.0 Å². The quantitative estimate of drug-likeness (QED) is 0.141. The van der Waals surface area contributed by atoms with Gasteiger partial charge in [-0.25, -0.2) is 9.97 Å². The molecule has 11 heteroatoms. The number of hydrogen-bond donors (Lipinski definition) is 5. The zero-order valence-corrected chi connectivity index (χ0v) is 23.3. The van der Waals surface area contributed by atoms with Crippen LogP contribution in [0, 0.1) is 11.8 Å². The number of amides is 2. The maximum absolute atomic E-state index is 12.0. The maximum Gasteiger partial charge on any atom is 0.248 e. The summed E-state index contributed by atoms with van der Waals surface area (Å²) in [7, 11) is 3.88. The predicted molar refractivity (Wildman–Crippen MR) is 161 cm³/mol. The van der Waals surface area contributed by atoms with Crippen LogP contribution in [0.4, 0.5) is 17.5 Å². The van der Waals surface area contributed by atoms with Gasteiger partial charge in [-0.2, -0.15) is 4.98 Å². The van der Waals surface area contributed by atoms with Crippen molar-refractivity contribution in [2.75, 3.05) is 37.8 Å². The van der Waals surface area contributed by atoms with Gasteiger partial charge in [0.15, 0.2) is 0 Å². The van der Waals surface area contributed by atoms with Crippen LogP contribution in [-0.4, -0.2) is 63.8 Å². The summed E-state index contributed by atoms with van der Waals surface area (Å²) >= 11 is 0. The topological polar surface area (TPSA) is 154 Å². The molecule has 0 unspecified atom stereocenters. The van der Waals surface area contributed by atoms with Crippen molar-refractivity contribution >= 4 is 40.3 Å². The van der Waals surface area contributed by atoms with Gasteiger partial charge in [0.05, 0.1) is 29.3 Å². The van der Waals surface area contributed by atoms with E-state index in [1.54, 1.807) is 30.5 Å². The van der Waals surface area contributed by atoms with Crippen molar-refractivity contribution < 1.29 is 9.59 Å². The van der Waals surface area contributed by atoms with Crippen LogP contribution in [0.15, 0.2) is 60.8 Å². The van der Waals surface area contributed by atoms with Gasteiger partial charge in [-0.3, -0.25) is 9.59 Å². The highest BCUT2D eigenvalue weighted by atomic mass is 16.1. The molecular weight excluding hydrogens is 518 g/mol. The van der Waals surface area contributed by atoms with Crippen molar-refractivity contribution in [3.63, 3.8) is 0 Å². The highest BCUT2D eigenvalue weighted by Gasteiger charge is 2.08. The van der Waals surface area contributed by atoms with Gasteiger partial charge in [-0.1, -0.05) is 24.8 Å². The number of nitrogens with one attached hydrogen (secondary N) is 4. The largest absolute Gasteiger partial charge is 0.369 e. The molecule has 0 aliphatic carbocycles. The van der Waals surface area contributed by atoms with E-state index in [0.29, 0.717) is 41.8 Å². The number of primary amides is 1. The zero-order valence-electron chi connectivity index (χ0n) is 23.3. The minimum Gasteiger partial charge on any atom is -0.369 e. The molecule has 41 heavy (non-hydrogen) atoms. The van der Waals surface area contributed by atoms with Crippen LogP contribution in [0.5, 0.6) is 0 Å². The maximum atomic E-state index is 12.0. The summed E-state index contributed by atoms with van der Waals surface area (Å²) in [6, 6.07) is 12.5. The summed E-state index contributed by atoms with van der Waals surface area (Å²) < 4.78 is 0. The highest BCUT2D eigenvalue weighted by Crippen LogP contribution is 2.19. The summed E-state index contributed by atoms with van der Waals surface area (Å²) in [5, 5.41) is 9.28. The average molecular weight is 552 g/mol. The molecule has 210 valence electrons. The Bertz CT molecular complexity index is 1610. The summed E-state index contributed by atoms with van der Waals surface area (Å²) in [4.78, 5) is 42.1. The molecule has 0 saturated heterocycles. The SMILES string of the molecule is CCCNc1nc(Nc2ccc(C(N)=O)cc2)ncc1C#Cc1ccc2nc(CNC(=O)C=CCN(C)C)[nH]c2c1. The molecule has 2 heterocycles. The number of carbonyl (C=O) groups excluding carboxylic acids is 2. The molecule has 2 aromatic heterocycles. The number of carbonyl (C=O) groups is 2. The number of nitrogens with two attached hydrogens (primary N) is 1. The number of hydrogen-bond acceptors (Lipinski definition) is 8. The summed E-state index contributed by atoms with van der Waals surface area (Å²) in [5.74, 6) is 7.37. The molecule has 0 bridgehead atoms. The van der Waals surface area contributed by atoms with E-state index in [-0.39, 0.29) is 5.91 Å². The lowest BCUT2D eigenvalue weighted by Gasteiger charge is -2.10. The van der Waals surface area contributed by atoms with E-state index in [1.807, 2.05) is 43.3 Å². The number of nitrogens with zero attached hydrogens (tertiary/aromatic N) is 4. The molecule has 0 aliphatic heterocycles. The van der Waals surface area contributed by atoms with Gasteiger partial charge in [0, 0.05) is 36.0 Å². The number of benzene rings is 2. The second-order valence-corrected chi connectivity index (χ2v) is 9.50. The van der Waals surface area contributed by atoms with Crippen LogP contribution in [0.25, 0.3) is 11.0 Å². The van der Waals surface area contributed by atoms with Crippen LogP contribution < -0.4 is 21.7 Å². The monoisotopic (exact) mass is 551 g/mol. The second kappa shape index (κ2) is 13.7. The van der Waals surface area contributed by atoms with E-state index in [0.717, 1.165) is 35.2 Å². The zero-order chi connectivity index (χ0) is 29.2. The molecule has 0 spiro atoms. The molecule has 4 rings (SSSR count). The van der Waals surface area contributed by atoms with Crippen molar-refractivity contribution in [3.8, 4) is 11.8 Å². The Kier molecular flexibility index (Phi) is 9.64. The molecule has 4 aromatic rings. The van der Waals surface area contributed by atoms with E-state index >= 15 is 0 Å². The van der Waals surface area contributed by atoms with Gasteiger partial charge in [-0.15, -0.1) is 0 Å². The Morgan fingerprint density at radius 1 is 1.10 bits per heavy atom. The molecule has 2 aromatic carbocycles. The Labute approximate surface area is 238 Å². The summed E-state index contributed by atoms with van der Waals surface area (Å²) in [5.41, 5.74) is 9.52. The van der Waals surface area contributed by atoms with E-state index in [2.05, 4.69) is 54.7 Å². The normalized spacial score (nSPS) is 10.9. The Morgan fingerprint density at radius 2 is 1.90 bits per heavy atom. The number of fused-ring (bicyclic) bond motifs is 1. The van der Waals surface area contributed by atoms with Crippen molar-refractivity contribution in [3.05, 3.63) is 83.3 Å². The van der Waals surface area contributed by atoms with Crippen LogP contribution in [-0.2, 0) is 11.3 Å². The first-order chi connectivity index (χ1) is 19.8. The molecule has 0 aliphatic rings. The average Bonchev–Trinajstić information content (AvgIpc) is 3.37. The van der Waals surface area contributed by atoms with Gasteiger partial charge in [0.1, 0.15) is 11.6 Å². The lowest BCUT2D eigenvalue weighted by Crippen LogP contribution is -2.21. The molecule has 0 radical (unpaired) electrons. The highest BCUT2D eigenvalue weighted by molar-refractivity contribution is 5.93. The minimum absolute atomic E-state index is 0.171. The van der Waals surface area contributed by atoms with Gasteiger partial charge < -0.3 is 31.6 Å². The van der Waals surface area contributed by atoms with Crippen molar-refractivity contribution in [2.24, 2.45) is 5.73 Å². The second-order valence-electron chi connectivity index (χ2n) is 9.50. The summed E-state index contributed by atoms with van der Waals surface area (Å²) in [6.45, 7) is 3.78. The van der Waals surface area contributed by atoms with Crippen LogP contribution >= 0.6 is 0 Å². The molecular formula is C30H33N9O2. The van der Waals surface area contributed by atoms with E-state index in [9.17, 15) is 9.59 Å². The molecule has 6 N–H and O–H groups in total. The minimum atomic E-state index is -0.485. The standard InChI is InChI=1S/C30H33N9O2/c1-4-15-32-29-22(18-34-30(38-29)35-23-12-10-21(11-13-23)28(31)41)9-7-20-8-14-24-25(17-20)37-26(36-24)19-33-27(40)6-5-16-39(2)3/h5-6,8,10-14,17-18H,4,15-16,19H2,1-3H3,(H2,31,41)(H,33,40)(H,36,37)(H2,32,34,35,38). The smallest absolute Gasteiger partial charge is 0.248 e.